The van der Waals surface area contributed by atoms with Gasteiger partial charge in [-0.05, 0) is 18.4 Å². The molecule has 0 saturated heterocycles. The highest BCUT2D eigenvalue weighted by molar-refractivity contribution is 7.86. The van der Waals surface area contributed by atoms with Gasteiger partial charge in [0.1, 0.15) is 0 Å². The van der Waals surface area contributed by atoms with Crippen molar-refractivity contribution in [2.24, 2.45) is 5.92 Å². The second-order valence-electron chi connectivity index (χ2n) is 3.27. The maximum absolute atomic E-state index is 12.5. The zero-order chi connectivity index (χ0) is 10.1. The van der Waals surface area contributed by atoms with Crippen molar-refractivity contribution in [2.75, 3.05) is 0 Å². The van der Waals surface area contributed by atoms with Gasteiger partial charge in [-0.25, -0.2) is 0 Å². The number of rotatable bonds is 3. The molecule has 0 atom stereocenters. The Labute approximate surface area is 76.8 Å². The van der Waals surface area contributed by atoms with Crippen LogP contribution in [0, 0.1) is 5.92 Å². The van der Waals surface area contributed by atoms with E-state index in [0.717, 1.165) is 0 Å². The molecule has 74 valence electrons. The molecule has 0 spiro atoms. The van der Waals surface area contributed by atoms with E-state index < -0.39 is 15.3 Å². The van der Waals surface area contributed by atoms with Crippen LogP contribution >= 0.6 is 0 Å². The van der Waals surface area contributed by atoms with Crippen molar-refractivity contribution in [3.63, 3.8) is 0 Å². The summed E-state index contributed by atoms with van der Waals surface area (Å²) in [4.78, 5) is 0. The van der Waals surface area contributed by atoms with Crippen molar-refractivity contribution in [3.05, 3.63) is 17.9 Å². The number of hydrogen-bond donors (Lipinski definition) is 0. The molecule has 0 N–H and O–H groups in total. The van der Waals surface area contributed by atoms with E-state index in [4.69, 9.17) is 0 Å². The Morgan fingerprint density at radius 1 is 1.54 bits per heavy atom. The summed E-state index contributed by atoms with van der Waals surface area (Å²) in [6, 6.07) is 1.48. The monoisotopic (exact) mass is 206 g/mol. The average Bonchev–Trinajstić information content (AvgIpc) is 2.31. The van der Waals surface area contributed by atoms with E-state index in [-0.39, 0.29) is 5.92 Å². The molecular weight excluding hydrogens is 195 g/mol. The Kier molecular flexibility index (Phi) is 2.75. The Morgan fingerprint density at radius 2 is 2.15 bits per heavy atom. The fourth-order valence-corrected chi connectivity index (χ4v) is 1.76. The topological polar surface area (TPSA) is 47.3 Å². The minimum Gasteiger partial charge on any atom is -0.450 e. The van der Waals surface area contributed by atoms with E-state index >= 15 is 0 Å². The van der Waals surface area contributed by atoms with Gasteiger partial charge in [0.2, 0.25) is 0 Å². The highest BCUT2D eigenvalue weighted by Gasteiger charge is 2.21. The van der Waals surface area contributed by atoms with Crippen LogP contribution in [0.15, 0.2) is 21.8 Å². The van der Waals surface area contributed by atoms with Crippen molar-refractivity contribution in [2.45, 2.75) is 25.4 Å². The van der Waals surface area contributed by atoms with Crippen LogP contribution in [0.3, 0.4) is 0 Å². The number of hydrogen-bond acceptors (Lipinski definition) is 3. The standard InChI is InChI=1S/C8H11FO3S/c1-6(2)5-7-3-4-12-8(7)13(9,10)11/h3-4,6H,5H2,1-2H3. The van der Waals surface area contributed by atoms with Crippen LogP contribution in [-0.2, 0) is 16.6 Å². The van der Waals surface area contributed by atoms with Gasteiger partial charge >= 0.3 is 10.2 Å². The molecule has 1 heterocycles. The van der Waals surface area contributed by atoms with Crippen LogP contribution in [0.2, 0.25) is 0 Å². The first-order valence-electron chi connectivity index (χ1n) is 3.92. The van der Waals surface area contributed by atoms with E-state index in [0.29, 0.717) is 12.0 Å². The Morgan fingerprint density at radius 3 is 2.62 bits per heavy atom. The van der Waals surface area contributed by atoms with Crippen molar-refractivity contribution in [1.29, 1.82) is 0 Å². The van der Waals surface area contributed by atoms with E-state index in [1.165, 1.54) is 12.3 Å². The van der Waals surface area contributed by atoms with Gasteiger partial charge in [-0.15, -0.1) is 0 Å². The second-order valence-corrected chi connectivity index (χ2v) is 4.52. The molecule has 0 aliphatic carbocycles. The van der Waals surface area contributed by atoms with Crippen molar-refractivity contribution >= 4 is 10.2 Å². The van der Waals surface area contributed by atoms with Crippen LogP contribution < -0.4 is 0 Å². The van der Waals surface area contributed by atoms with Gasteiger partial charge in [-0.2, -0.15) is 8.42 Å². The Hall–Kier alpha value is -0.840. The van der Waals surface area contributed by atoms with Crippen molar-refractivity contribution in [1.82, 2.24) is 0 Å². The van der Waals surface area contributed by atoms with Crippen molar-refractivity contribution < 1.29 is 16.7 Å². The summed E-state index contributed by atoms with van der Waals surface area (Å²) < 4.78 is 38.2. The van der Waals surface area contributed by atoms with Crippen LogP contribution in [0.25, 0.3) is 0 Å². The molecule has 1 rings (SSSR count). The Bertz CT molecular complexity index is 378. The minimum atomic E-state index is -4.70. The molecule has 0 aliphatic heterocycles. The van der Waals surface area contributed by atoms with Gasteiger partial charge in [0.15, 0.2) is 0 Å². The third kappa shape index (κ3) is 2.55. The first kappa shape index (κ1) is 10.2. The summed E-state index contributed by atoms with van der Waals surface area (Å²) >= 11 is 0. The largest absolute Gasteiger partial charge is 0.450 e. The quantitative estimate of drug-likeness (QED) is 0.712. The fraction of sp³-hybridized carbons (Fsp3) is 0.500. The molecule has 0 radical (unpaired) electrons. The molecule has 0 saturated carbocycles. The lowest BCUT2D eigenvalue weighted by Crippen LogP contribution is -1.99. The zero-order valence-corrected chi connectivity index (χ0v) is 8.27. The molecule has 1 aromatic heterocycles. The number of furan rings is 1. The summed E-state index contributed by atoms with van der Waals surface area (Å²) in [6.07, 6.45) is 1.68. The van der Waals surface area contributed by atoms with E-state index in [1.807, 2.05) is 13.8 Å². The van der Waals surface area contributed by atoms with E-state index in [2.05, 4.69) is 4.42 Å². The van der Waals surface area contributed by atoms with Gasteiger partial charge in [-0.1, -0.05) is 17.7 Å². The third-order valence-corrected chi connectivity index (χ3v) is 2.36. The van der Waals surface area contributed by atoms with Gasteiger partial charge in [0.25, 0.3) is 5.09 Å². The van der Waals surface area contributed by atoms with Gasteiger partial charge in [-0.3, -0.25) is 0 Å². The fourth-order valence-electron chi connectivity index (χ4n) is 1.13. The molecule has 5 heteroatoms. The third-order valence-electron chi connectivity index (χ3n) is 1.56. The van der Waals surface area contributed by atoms with Crippen LogP contribution in [-0.4, -0.2) is 8.42 Å². The molecule has 0 unspecified atom stereocenters. The van der Waals surface area contributed by atoms with E-state index in [1.54, 1.807) is 0 Å². The molecule has 1 aromatic rings. The van der Waals surface area contributed by atoms with Crippen LogP contribution in [0.4, 0.5) is 3.89 Å². The first-order chi connectivity index (χ1) is 5.91. The second kappa shape index (κ2) is 3.49. The van der Waals surface area contributed by atoms with Gasteiger partial charge in [0.05, 0.1) is 6.26 Å². The molecule has 0 fully saturated rings. The lowest BCUT2D eigenvalue weighted by atomic mass is 10.1. The Balaban J connectivity index is 3.04. The van der Waals surface area contributed by atoms with Gasteiger partial charge < -0.3 is 4.42 Å². The summed E-state index contributed by atoms with van der Waals surface area (Å²) in [6.45, 7) is 3.84. The zero-order valence-electron chi connectivity index (χ0n) is 7.45. The summed E-state index contributed by atoms with van der Waals surface area (Å²) in [5.74, 6) is 0.262. The normalized spacial score (nSPS) is 12.3. The highest BCUT2D eigenvalue weighted by Crippen LogP contribution is 2.21. The van der Waals surface area contributed by atoms with E-state index in [9.17, 15) is 12.3 Å². The molecule has 0 bridgehead atoms. The minimum absolute atomic E-state index is 0.262. The summed E-state index contributed by atoms with van der Waals surface area (Å²) in [7, 11) is -4.70. The molecule has 13 heavy (non-hydrogen) atoms. The molecule has 3 nitrogen and oxygen atoms in total. The summed E-state index contributed by atoms with van der Waals surface area (Å²) in [5.41, 5.74) is 0.400. The van der Waals surface area contributed by atoms with Gasteiger partial charge in [0, 0.05) is 5.56 Å². The lowest BCUT2D eigenvalue weighted by molar-refractivity contribution is 0.425. The maximum Gasteiger partial charge on any atom is 0.366 e. The lowest BCUT2D eigenvalue weighted by Gasteiger charge is -2.01. The molecule has 0 amide bonds. The SMILES string of the molecule is CC(C)Cc1ccoc1S(=O)(=O)F. The molecule has 0 aliphatic rings. The smallest absolute Gasteiger partial charge is 0.366 e. The predicted molar refractivity (Wildman–Crippen MR) is 45.5 cm³/mol. The first-order valence-corrected chi connectivity index (χ1v) is 5.30. The highest BCUT2D eigenvalue weighted by atomic mass is 32.3. The number of halogens is 1. The van der Waals surface area contributed by atoms with Crippen LogP contribution in [0.1, 0.15) is 19.4 Å². The predicted octanol–water partition coefficient (Wildman–Crippen LogP) is 2.14. The van der Waals surface area contributed by atoms with Crippen molar-refractivity contribution in [3.8, 4) is 0 Å². The molecule has 0 aromatic carbocycles. The van der Waals surface area contributed by atoms with Crippen LogP contribution in [0.5, 0.6) is 0 Å². The average molecular weight is 206 g/mol. The summed E-state index contributed by atoms with van der Waals surface area (Å²) in [5, 5.41) is -0.554. The molecular formula is C8H11FO3S. The maximum atomic E-state index is 12.5.